The Morgan fingerprint density at radius 3 is 0.971 bits per heavy atom. The fraction of sp³-hybridized carbons (Fsp3) is 0.969. The van der Waals surface area contributed by atoms with Crippen molar-refractivity contribution in [3.63, 3.8) is 0 Å². The highest BCUT2D eigenvalue weighted by molar-refractivity contribution is 5.72. The van der Waals surface area contributed by atoms with Crippen LogP contribution >= 0.6 is 0 Å². The number of esters is 1. The summed E-state index contributed by atoms with van der Waals surface area (Å²) >= 11 is 0. The molecule has 0 aromatic heterocycles. The minimum atomic E-state index is 0.0636. The van der Waals surface area contributed by atoms with Crippen molar-refractivity contribution in [1.29, 1.82) is 0 Å². The predicted octanol–water partition coefficient (Wildman–Crippen LogP) is 11.3. The van der Waals surface area contributed by atoms with Crippen LogP contribution in [0.1, 0.15) is 188 Å². The van der Waals surface area contributed by atoms with E-state index in [-0.39, 0.29) is 11.9 Å². The standard InChI is InChI=1S/C32H64O2/c1-4-7-9-11-13-15-17-19-21-23-25-27-29-31(32(33)34-6-3)30-28-26-24-22-20-18-16-14-12-10-8-5-2/h31H,4-30H2,1-3H3. The maximum Gasteiger partial charge on any atom is 0.308 e. The van der Waals surface area contributed by atoms with Crippen molar-refractivity contribution in [3.8, 4) is 0 Å². The zero-order valence-corrected chi connectivity index (χ0v) is 24.0. The van der Waals surface area contributed by atoms with Crippen molar-refractivity contribution in [2.75, 3.05) is 6.61 Å². The van der Waals surface area contributed by atoms with Crippen molar-refractivity contribution in [2.45, 2.75) is 188 Å². The second-order valence-corrected chi connectivity index (χ2v) is 10.8. The highest BCUT2D eigenvalue weighted by Crippen LogP contribution is 2.21. The zero-order valence-electron chi connectivity index (χ0n) is 24.0. The summed E-state index contributed by atoms with van der Waals surface area (Å²) in [4.78, 5) is 12.4. The fourth-order valence-corrected chi connectivity index (χ4v) is 5.10. The lowest BCUT2D eigenvalue weighted by Crippen LogP contribution is -2.18. The van der Waals surface area contributed by atoms with Gasteiger partial charge in [-0.15, -0.1) is 0 Å². The third-order valence-electron chi connectivity index (χ3n) is 7.43. The molecule has 0 atom stereocenters. The number of hydrogen-bond donors (Lipinski definition) is 0. The zero-order chi connectivity index (χ0) is 25.0. The highest BCUT2D eigenvalue weighted by atomic mass is 16.5. The smallest absolute Gasteiger partial charge is 0.308 e. The number of rotatable bonds is 28. The van der Waals surface area contributed by atoms with Gasteiger partial charge < -0.3 is 4.74 Å². The average molecular weight is 481 g/mol. The fourth-order valence-electron chi connectivity index (χ4n) is 5.10. The molecule has 0 N–H and O–H groups in total. The number of carbonyl (C=O) groups is 1. The van der Waals surface area contributed by atoms with Crippen molar-refractivity contribution >= 4 is 5.97 Å². The van der Waals surface area contributed by atoms with Crippen LogP contribution < -0.4 is 0 Å². The normalized spacial score (nSPS) is 11.4. The van der Waals surface area contributed by atoms with Crippen LogP contribution in [-0.4, -0.2) is 12.6 Å². The van der Waals surface area contributed by atoms with Crippen molar-refractivity contribution in [1.82, 2.24) is 0 Å². The molecule has 2 nitrogen and oxygen atoms in total. The largest absolute Gasteiger partial charge is 0.466 e. The third kappa shape index (κ3) is 24.6. The first-order valence-corrected chi connectivity index (χ1v) is 15.9. The van der Waals surface area contributed by atoms with Crippen LogP contribution in [0.3, 0.4) is 0 Å². The highest BCUT2D eigenvalue weighted by Gasteiger charge is 2.18. The third-order valence-corrected chi connectivity index (χ3v) is 7.43. The predicted molar refractivity (Wildman–Crippen MR) is 152 cm³/mol. The van der Waals surface area contributed by atoms with Gasteiger partial charge in [-0.1, -0.05) is 168 Å². The first kappa shape index (κ1) is 33.5. The Labute approximate surface area is 215 Å². The van der Waals surface area contributed by atoms with E-state index in [1.807, 2.05) is 6.92 Å². The maximum absolute atomic E-state index is 12.4. The van der Waals surface area contributed by atoms with Gasteiger partial charge in [-0.05, 0) is 19.8 Å². The van der Waals surface area contributed by atoms with Crippen molar-refractivity contribution < 1.29 is 9.53 Å². The Bertz CT molecular complexity index is 364. The quantitative estimate of drug-likeness (QED) is 0.0821. The van der Waals surface area contributed by atoms with Crippen LogP contribution in [0.25, 0.3) is 0 Å². The maximum atomic E-state index is 12.4. The molecule has 0 spiro atoms. The van der Waals surface area contributed by atoms with Gasteiger partial charge in [-0.3, -0.25) is 4.79 Å². The molecule has 0 fully saturated rings. The van der Waals surface area contributed by atoms with Gasteiger partial charge in [0.25, 0.3) is 0 Å². The lowest BCUT2D eigenvalue weighted by molar-refractivity contribution is -0.148. The van der Waals surface area contributed by atoms with E-state index in [1.54, 1.807) is 0 Å². The molecule has 34 heavy (non-hydrogen) atoms. The molecule has 0 aliphatic heterocycles. The van der Waals surface area contributed by atoms with E-state index >= 15 is 0 Å². The van der Waals surface area contributed by atoms with Gasteiger partial charge in [0.2, 0.25) is 0 Å². The van der Waals surface area contributed by atoms with E-state index in [0.717, 1.165) is 12.8 Å². The number of unbranched alkanes of at least 4 members (excludes halogenated alkanes) is 22. The molecular formula is C32H64O2. The second-order valence-electron chi connectivity index (χ2n) is 10.8. The lowest BCUT2D eigenvalue weighted by Gasteiger charge is -2.15. The monoisotopic (exact) mass is 480 g/mol. The molecule has 0 saturated carbocycles. The van der Waals surface area contributed by atoms with Gasteiger partial charge in [0.15, 0.2) is 0 Å². The molecule has 0 saturated heterocycles. The molecule has 0 unspecified atom stereocenters. The Hall–Kier alpha value is -0.530. The molecule has 204 valence electrons. The summed E-state index contributed by atoms with van der Waals surface area (Å²) in [5.74, 6) is 0.208. The summed E-state index contributed by atoms with van der Waals surface area (Å²) in [6.45, 7) is 7.03. The Morgan fingerprint density at radius 2 is 0.706 bits per heavy atom. The first-order valence-electron chi connectivity index (χ1n) is 15.9. The van der Waals surface area contributed by atoms with Gasteiger partial charge in [0.05, 0.1) is 12.5 Å². The Kier molecular flexibility index (Phi) is 28.3. The van der Waals surface area contributed by atoms with Gasteiger partial charge in [0.1, 0.15) is 0 Å². The minimum Gasteiger partial charge on any atom is -0.466 e. The molecule has 2 heteroatoms. The molecule has 0 radical (unpaired) electrons. The van der Waals surface area contributed by atoms with Crippen LogP contribution in [0, 0.1) is 5.92 Å². The Balaban J connectivity index is 3.65. The number of hydrogen-bond acceptors (Lipinski definition) is 2. The van der Waals surface area contributed by atoms with Gasteiger partial charge in [-0.2, -0.15) is 0 Å². The Morgan fingerprint density at radius 1 is 0.441 bits per heavy atom. The molecule has 0 bridgehead atoms. The molecular weight excluding hydrogens is 416 g/mol. The van der Waals surface area contributed by atoms with Crippen LogP contribution in [0.15, 0.2) is 0 Å². The molecule has 0 aromatic rings. The van der Waals surface area contributed by atoms with E-state index in [1.165, 1.54) is 154 Å². The van der Waals surface area contributed by atoms with Gasteiger partial charge in [-0.25, -0.2) is 0 Å². The van der Waals surface area contributed by atoms with Crippen LogP contribution in [0.5, 0.6) is 0 Å². The van der Waals surface area contributed by atoms with Gasteiger partial charge in [0, 0.05) is 0 Å². The molecule has 0 heterocycles. The average Bonchev–Trinajstić information content (AvgIpc) is 2.84. The summed E-state index contributed by atoms with van der Waals surface area (Å²) in [7, 11) is 0. The van der Waals surface area contributed by atoms with Crippen LogP contribution in [0.2, 0.25) is 0 Å². The molecule has 0 amide bonds. The van der Waals surface area contributed by atoms with Crippen LogP contribution in [-0.2, 0) is 9.53 Å². The minimum absolute atomic E-state index is 0.0636. The summed E-state index contributed by atoms with van der Waals surface area (Å²) in [5, 5.41) is 0. The summed E-state index contributed by atoms with van der Waals surface area (Å²) < 4.78 is 5.38. The van der Waals surface area contributed by atoms with E-state index in [9.17, 15) is 4.79 Å². The topological polar surface area (TPSA) is 26.3 Å². The van der Waals surface area contributed by atoms with Crippen LogP contribution in [0.4, 0.5) is 0 Å². The second kappa shape index (κ2) is 28.7. The molecule has 0 aromatic carbocycles. The molecule has 0 rings (SSSR count). The summed E-state index contributed by atoms with van der Waals surface area (Å²) in [5.41, 5.74) is 0. The summed E-state index contributed by atoms with van der Waals surface area (Å²) in [6.07, 6.45) is 35.0. The van der Waals surface area contributed by atoms with Crippen molar-refractivity contribution in [2.24, 2.45) is 5.92 Å². The number of carbonyl (C=O) groups excluding carboxylic acids is 1. The molecule has 0 aliphatic carbocycles. The SMILES string of the molecule is CCCCCCCCCCCCCCC(CCCCCCCCCCCCCC)C(=O)OCC. The summed E-state index contributed by atoms with van der Waals surface area (Å²) in [6, 6.07) is 0. The lowest BCUT2D eigenvalue weighted by atomic mass is 9.94. The van der Waals surface area contributed by atoms with E-state index in [4.69, 9.17) is 4.74 Å². The van der Waals surface area contributed by atoms with E-state index in [0.29, 0.717) is 6.61 Å². The molecule has 0 aliphatic rings. The van der Waals surface area contributed by atoms with Crippen molar-refractivity contribution in [3.05, 3.63) is 0 Å². The number of ether oxygens (including phenoxy) is 1. The van der Waals surface area contributed by atoms with E-state index < -0.39 is 0 Å². The van der Waals surface area contributed by atoms with E-state index in [2.05, 4.69) is 13.8 Å². The first-order chi connectivity index (χ1) is 16.8. The van der Waals surface area contributed by atoms with Gasteiger partial charge >= 0.3 is 5.97 Å².